The van der Waals surface area contributed by atoms with Crippen molar-refractivity contribution >= 4 is 10.9 Å². The van der Waals surface area contributed by atoms with Crippen molar-refractivity contribution in [3.63, 3.8) is 0 Å². The normalized spacial score (nSPS) is 16.9. The Balaban J connectivity index is 1.89. The predicted octanol–water partition coefficient (Wildman–Crippen LogP) is 3.69. The summed E-state index contributed by atoms with van der Waals surface area (Å²) in [5.74, 6) is 0.994. The fourth-order valence-corrected chi connectivity index (χ4v) is 2.70. The molecule has 0 amide bonds. The SMILES string of the molecule is CNC(CCC1CC1)c1cccc2ncccc12. The maximum atomic E-state index is 4.44. The monoisotopic (exact) mass is 240 g/mol. The summed E-state index contributed by atoms with van der Waals surface area (Å²) in [6, 6.07) is 11.1. The van der Waals surface area contributed by atoms with E-state index in [-0.39, 0.29) is 0 Å². The molecular weight excluding hydrogens is 220 g/mol. The first-order valence-electron chi connectivity index (χ1n) is 6.89. The van der Waals surface area contributed by atoms with E-state index in [0.717, 1.165) is 11.4 Å². The van der Waals surface area contributed by atoms with Crippen molar-refractivity contribution in [1.29, 1.82) is 0 Å². The molecule has 94 valence electrons. The molecule has 1 aliphatic carbocycles. The van der Waals surface area contributed by atoms with Crippen molar-refractivity contribution in [1.82, 2.24) is 10.3 Å². The maximum Gasteiger partial charge on any atom is 0.0705 e. The molecule has 1 aliphatic rings. The van der Waals surface area contributed by atoms with Crippen LogP contribution in [0.5, 0.6) is 0 Å². The molecule has 1 fully saturated rings. The molecule has 0 aliphatic heterocycles. The molecule has 0 radical (unpaired) electrons. The Morgan fingerprint density at radius 3 is 2.94 bits per heavy atom. The first-order valence-corrected chi connectivity index (χ1v) is 6.89. The highest BCUT2D eigenvalue weighted by Crippen LogP contribution is 2.36. The third-order valence-corrected chi connectivity index (χ3v) is 3.96. The lowest BCUT2D eigenvalue weighted by Crippen LogP contribution is -2.16. The topological polar surface area (TPSA) is 24.9 Å². The molecule has 3 rings (SSSR count). The van der Waals surface area contributed by atoms with Gasteiger partial charge in [0.05, 0.1) is 5.52 Å². The first-order chi connectivity index (χ1) is 8.88. The molecule has 1 unspecified atom stereocenters. The van der Waals surface area contributed by atoms with Gasteiger partial charge in [-0.15, -0.1) is 0 Å². The van der Waals surface area contributed by atoms with Crippen LogP contribution in [0.15, 0.2) is 36.5 Å². The van der Waals surface area contributed by atoms with Gasteiger partial charge in [0, 0.05) is 17.6 Å². The van der Waals surface area contributed by atoms with Crippen molar-refractivity contribution < 1.29 is 0 Å². The number of fused-ring (bicyclic) bond motifs is 1. The minimum atomic E-state index is 0.457. The first kappa shape index (κ1) is 11.7. The second-order valence-electron chi connectivity index (χ2n) is 5.28. The number of rotatable bonds is 5. The summed E-state index contributed by atoms with van der Waals surface area (Å²) >= 11 is 0. The fourth-order valence-electron chi connectivity index (χ4n) is 2.70. The second kappa shape index (κ2) is 5.07. The Hall–Kier alpha value is -1.41. The number of hydrogen-bond acceptors (Lipinski definition) is 2. The van der Waals surface area contributed by atoms with Gasteiger partial charge in [0.2, 0.25) is 0 Å². The molecule has 2 nitrogen and oxygen atoms in total. The average molecular weight is 240 g/mol. The van der Waals surface area contributed by atoms with Gasteiger partial charge < -0.3 is 5.32 Å². The van der Waals surface area contributed by atoms with Crippen LogP contribution in [-0.4, -0.2) is 12.0 Å². The molecule has 1 heterocycles. The summed E-state index contributed by atoms with van der Waals surface area (Å²) < 4.78 is 0. The summed E-state index contributed by atoms with van der Waals surface area (Å²) in [5.41, 5.74) is 2.49. The van der Waals surface area contributed by atoms with Crippen LogP contribution < -0.4 is 5.32 Å². The van der Waals surface area contributed by atoms with Crippen molar-refractivity contribution in [3.05, 3.63) is 42.1 Å². The maximum absolute atomic E-state index is 4.44. The van der Waals surface area contributed by atoms with E-state index in [0.29, 0.717) is 6.04 Å². The van der Waals surface area contributed by atoms with Gasteiger partial charge in [-0.05, 0) is 43.5 Å². The lowest BCUT2D eigenvalue weighted by molar-refractivity contribution is 0.509. The zero-order chi connectivity index (χ0) is 12.4. The van der Waals surface area contributed by atoms with Gasteiger partial charge in [0.25, 0.3) is 0 Å². The van der Waals surface area contributed by atoms with Crippen LogP contribution in [0.3, 0.4) is 0 Å². The Kier molecular flexibility index (Phi) is 3.28. The van der Waals surface area contributed by atoms with Gasteiger partial charge in [0.15, 0.2) is 0 Å². The number of pyridine rings is 1. The lowest BCUT2D eigenvalue weighted by Gasteiger charge is -2.18. The van der Waals surface area contributed by atoms with E-state index in [1.165, 1.54) is 36.6 Å². The van der Waals surface area contributed by atoms with E-state index in [2.05, 4.69) is 41.6 Å². The Labute approximate surface area is 108 Å². The van der Waals surface area contributed by atoms with E-state index in [4.69, 9.17) is 0 Å². The molecule has 2 heteroatoms. The highest BCUT2D eigenvalue weighted by atomic mass is 14.9. The zero-order valence-electron chi connectivity index (χ0n) is 10.9. The van der Waals surface area contributed by atoms with Crippen molar-refractivity contribution in [3.8, 4) is 0 Å². The number of nitrogens with zero attached hydrogens (tertiary/aromatic N) is 1. The van der Waals surface area contributed by atoms with E-state index < -0.39 is 0 Å². The summed E-state index contributed by atoms with van der Waals surface area (Å²) in [5, 5.41) is 4.75. The molecule has 1 aromatic carbocycles. The summed E-state index contributed by atoms with van der Waals surface area (Å²) in [7, 11) is 2.06. The van der Waals surface area contributed by atoms with E-state index in [1.54, 1.807) is 0 Å². The van der Waals surface area contributed by atoms with Crippen LogP contribution in [0.4, 0.5) is 0 Å². The minimum Gasteiger partial charge on any atom is -0.313 e. The number of benzene rings is 1. The van der Waals surface area contributed by atoms with E-state index >= 15 is 0 Å². The van der Waals surface area contributed by atoms with E-state index in [1.807, 2.05) is 12.3 Å². The summed E-state index contributed by atoms with van der Waals surface area (Å²) in [6.45, 7) is 0. The Morgan fingerprint density at radius 1 is 1.28 bits per heavy atom. The van der Waals surface area contributed by atoms with Gasteiger partial charge >= 0.3 is 0 Å². The zero-order valence-corrected chi connectivity index (χ0v) is 10.9. The molecule has 0 saturated heterocycles. The number of hydrogen-bond donors (Lipinski definition) is 1. The molecule has 1 aromatic heterocycles. The Bertz CT molecular complexity index is 526. The average Bonchev–Trinajstić information content (AvgIpc) is 3.24. The standard InChI is InChI=1S/C16H20N2/c1-17-15(10-9-12-7-8-12)13-4-2-6-16-14(13)5-3-11-18-16/h2-6,11-12,15,17H,7-10H2,1H3. The molecule has 18 heavy (non-hydrogen) atoms. The summed E-state index contributed by atoms with van der Waals surface area (Å²) in [6.07, 6.45) is 7.32. The van der Waals surface area contributed by atoms with Crippen molar-refractivity contribution in [2.75, 3.05) is 7.05 Å². The molecule has 1 N–H and O–H groups in total. The number of nitrogens with one attached hydrogen (secondary N) is 1. The lowest BCUT2D eigenvalue weighted by atomic mass is 9.97. The fraction of sp³-hybridized carbons (Fsp3) is 0.438. The van der Waals surface area contributed by atoms with Crippen LogP contribution in [0.1, 0.15) is 37.3 Å². The molecule has 0 spiro atoms. The summed E-state index contributed by atoms with van der Waals surface area (Å²) in [4.78, 5) is 4.44. The predicted molar refractivity (Wildman–Crippen MR) is 75.5 cm³/mol. The van der Waals surface area contributed by atoms with Gasteiger partial charge in [-0.3, -0.25) is 4.98 Å². The van der Waals surface area contributed by atoms with Crippen LogP contribution >= 0.6 is 0 Å². The third-order valence-electron chi connectivity index (χ3n) is 3.96. The highest BCUT2D eigenvalue weighted by Gasteiger charge is 2.23. The molecule has 1 atom stereocenters. The largest absolute Gasteiger partial charge is 0.313 e. The smallest absolute Gasteiger partial charge is 0.0705 e. The molecule has 2 aromatic rings. The second-order valence-corrected chi connectivity index (χ2v) is 5.28. The third kappa shape index (κ3) is 2.39. The Morgan fingerprint density at radius 2 is 2.17 bits per heavy atom. The van der Waals surface area contributed by atoms with Gasteiger partial charge in [-0.25, -0.2) is 0 Å². The molecule has 1 saturated carbocycles. The van der Waals surface area contributed by atoms with Crippen LogP contribution in [0, 0.1) is 5.92 Å². The highest BCUT2D eigenvalue weighted by molar-refractivity contribution is 5.82. The quantitative estimate of drug-likeness (QED) is 0.862. The van der Waals surface area contributed by atoms with Crippen molar-refractivity contribution in [2.45, 2.75) is 31.7 Å². The van der Waals surface area contributed by atoms with Gasteiger partial charge in [-0.2, -0.15) is 0 Å². The van der Waals surface area contributed by atoms with Gasteiger partial charge in [0.1, 0.15) is 0 Å². The van der Waals surface area contributed by atoms with Crippen molar-refractivity contribution in [2.24, 2.45) is 5.92 Å². The number of aromatic nitrogens is 1. The van der Waals surface area contributed by atoms with Gasteiger partial charge in [-0.1, -0.05) is 31.0 Å². The molecule has 0 bridgehead atoms. The van der Waals surface area contributed by atoms with Crippen LogP contribution in [-0.2, 0) is 0 Å². The van der Waals surface area contributed by atoms with Crippen LogP contribution in [0.25, 0.3) is 10.9 Å². The minimum absolute atomic E-state index is 0.457. The van der Waals surface area contributed by atoms with Crippen LogP contribution in [0.2, 0.25) is 0 Å². The van der Waals surface area contributed by atoms with E-state index in [9.17, 15) is 0 Å². The molecular formula is C16H20N2.